The number of nitrogens with two attached hydrogens (primary N) is 1. The molecule has 6 nitrogen and oxygen atoms in total. The van der Waals surface area contributed by atoms with Crippen molar-refractivity contribution in [2.75, 3.05) is 31.0 Å². The van der Waals surface area contributed by atoms with E-state index in [0.717, 1.165) is 24.1 Å². The molecule has 0 heterocycles. The third-order valence-electron chi connectivity index (χ3n) is 3.69. The number of hydrogen-bond acceptors (Lipinski definition) is 4. The maximum absolute atomic E-state index is 11.4. The van der Waals surface area contributed by atoms with Crippen LogP contribution in [0.4, 0.5) is 5.69 Å². The van der Waals surface area contributed by atoms with Gasteiger partial charge in [-0.15, -0.1) is 0 Å². The van der Waals surface area contributed by atoms with Gasteiger partial charge in [-0.1, -0.05) is 18.2 Å². The van der Waals surface area contributed by atoms with Crippen molar-refractivity contribution in [2.45, 2.75) is 19.4 Å². The summed E-state index contributed by atoms with van der Waals surface area (Å²) in [6.07, 6.45) is 3.04. The third kappa shape index (κ3) is 4.99. The van der Waals surface area contributed by atoms with E-state index in [1.54, 1.807) is 7.11 Å². The second-order valence-electron chi connectivity index (χ2n) is 5.99. The number of sulfone groups is 1. The summed E-state index contributed by atoms with van der Waals surface area (Å²) in [6, 6.07) is 7.68. The predicted octanol–water partition coefficient (Wildman–Crippen LogP) is 1.38. The lowest BCUT2D eigenvalue weighted by Crippen LogP contribution is -2.26. The molecule has 2 rings (SSSR count). The van der Waals surface area contributed by atoms with E-state index in [4.69, 9.17) is 10.5 Å². The number of hydrogen-bond donors (Lipinski definition) is 2. The molecule has 0 aromatic heterocycles. The van der Waals surface area contributed by atoms with Crippen molar-refractivity contribution in [1.29, 1.82) is 0 Å². The van der Waals surface area contributed by atoms with Gasteiger partial charge in [0.1, 0.15) is 9.84 Å². The van der Waals surface area contributed by atoms with Gasteiger partial charge in [-0.3, -0.25) is 4.99 Å². The van der Waals surface area contributed by atoms with Crippen molar-refractivity contribution in [3.63, 3.8) is 0 Å². The maximum atomic E-state index is 11.4. The van der Waals surface area contributed by atoms with Crippen LogP contribution in [0.1, 0.15) is 18.4 Å². The van der Waals surface area contributed by atoms with Crippen molar-refractivity contribution in [2.24, 2.45) is 16.1 Å². The molecule has 1 aliphatic rings. The number of anilines is 1. The van der Waals surface area contributed by atoms with E-state index >= 15 is 0 Å². The second-order valence-corrected chi connectivity index (χ2v) is 8.13. The molecule has 3 N–H and O–H groups in total. The number of ether oxygens (including phenoxy) is 1. The molecule has 1 aliphatic carbocycles. The van der Waals surface area contributed by atoms with Crippen molar-refractivity contribution in [3.8, 4) is 0 Å². The summed E-state index contributed by atoms with van der Waals surface area (Å²) in [5, 5.41) is 3.06. The van der Waals surface area contributed by atoms with Gasteiger partial charge in [-0.25, -0.2) is 8.42 Å². The van der Waals surface area contributed by atoms with E-state index in [9.17, 15) is 8.42 Å². The van der Waals surface area contributed by atoms with Gasteiger partial charge in [0.15, 0.2) is 5.96 Å². The Bertz CT molecular complexity index is 652. The molecule has 0 saturated heterocycles. The zero-order valence-electron chi connectivity index (χ0n) is 13.0. The van der Waals surface area contributed by atoms with Crippen molar-refractivity contribution < 1.29 is 13.2 Å². The van der Waals surface area contributed by atoms with Crippen molar-refractivity contribution >= 4 is 21.5 Å². The zero-order valence-corrected chi connectivity index (χ0v) is 13.8. The van der Waals surface area contributed by atoms with Gasteiger partial charge in [0, 0.05) is 36.6 Å². The molecule has 7 heteroatoms. The molecule has 122 valence electrons. The summed E-state index contributed by atoms with van der Waals surface area (Å²) < 4.78 is 28.0. The Morgan fingerprint density at radius 3 is 2.68 bits per heavy atom. The summed E-state index contributed by atoms with van der Waals surface area (Å²) in [5.74, 6) is 0.472. The molecule has 0 unspecified atom stereocenters. The van der Waals surface area contributed by atoms with Crippen LogP contribution in [0, 0.1) is 5.41 Å². The standard InChI is InChI=1S/C15H23N3O3S/c1-21-9-12-5-3-4-6-13(12)18-14(16)17-10-15(7-8-15)11-22(2,19)20/h3-6H,7-11H2,1-2H3,(H3,16,17,18). The summed E-state index contributed by atoms with van der Waals surface area (Å²) in [7, 11) is -1.35. The smallest absolute Gasteiger partial charge is 0.193 e. The number of methoxy groups -OCH3 is 1. The number of para-hydroxylation sites is 1. The quantitative estimate of drug-likeness (QED) is 0.583. The number of benzene rings is 1. The Kier molecular flexibility index (Phi) is 5.08. The lowest BCUT2D eigenvalue weighted by atomic mass is 10.1. The first-order chi connectivity index (χ1) is 10.3. The topological polar surface area (TPSA) is 93.8 Å². The Morgan fingerprint density at radius 1 is 1.41 bits per heavy atom. The number of nitrogens with zero attached hydrogens (tertiary/aromatic N) is 1. The normalized spacial score (nSPS) is 17.3. The van der Waals surface area contributed by atoms with Crippen LogP contribution >= 0.6 is 0 Å². The first-order valence-electron chi connectivity index (χ1n) is 7.15. The summed E-state index contributed by atoms with van der Waals surface area (Å²) in [4.78, 5) is 4.32. The highest BCUT2D eigenvalue weighted by Gasteiger charge is 2.45. The molecule has 22 heavy (non-hydrogen) atoms. The van der Waals surface area contributed by atoms with Crippen LogP contribution in [0.5, 0.6) is 0 Å². The first kappa shape index (κ1) is 16.8. The number of nitrogens with one attached hydrogen (secondary N) is 1. The average Bonchev–Trinajstić information content (AvgIpc) is 3.17. The van der Waals surface area contributed by atoms with Crippen LogP contribution in [-0.4, -0.2) is 40.0 Å². The minimum absolute atomic E-state index is 0.178. The summed E-state index contributed by atoms with van der Waals surface area (Å²) >= 11 is 0. The Hall–Kier alpha value is -1.60. The Morgan fingerprint density at radius 2 is 2.09 bits per heavy atom. The number of rotatable bonds is 7. The third-order valence-corrected chi connectivity index (χ3v) is 4.83. The lowest BCUT2D eigenvalue weighted by molar-refractivity contribution is 0.185. The SMILES string of the molecule is COCc1ccccc1NC(N)=NCC1(CS(C)(=O)=O)CC1. The molecule has 0 spiro atoms. The second kappa shape index (κ2) is 6.66. The largest absolute Gasteiger partial charge is 0.380 e. The molecule has 1 saturated carbocycles. The molecule has 0 atom stereocenters. The van der Waals surface area contributed by atoms with Gasteiger partial charge in [-0.2, -0.15) is 0 Å². The van der Waals surface area contributed by atoms with Crippen molar-refractivity contribution in [3.05, 3.63) is 29.8 Å². The highest BCUT2D eigenvalue weighted by Crippen LogP contribution is 2.46. The van der Waals surface area contributed by atoms with Crippen LogP contribution in [0.25, 0.3) is 0 Å². The summed E-state index contributed by atoms with van der Waals surface area (Å²) in [6.45, 7) is 0.916. The number of guanidine groups is 1. The molecular formula is C15H23N3O3S. The van der Waals surface area contributed by atoms with E-state index in [1.165, 1.54) is 6.26 Å². The van der Waals surface area contributed by atoms with Gasteiger partial charge in [0.05, 0.1) is 12.4 Å². The van der Waals surface area contributed by atoms with Gasteiger partial charge in [0.2, 0.25) is 0 Å². The highest BCUT2D eigenvalue weighted by molar-refractivity contribution is 7.90. The lowest BCUT2D eigenvalue weighted by Gasteiger charge is -2.13. The van der Waals surface area contributed by atoms with Crippen LogP contribution in [0.2, 0.25) is 0 Å². The fourth-order valence-corrected chi connectivity index (χ4v) is 3.93. The highest BCUT2D eigenvalue weighted by atomic mass is 32.2. The van der Waals surface area contributed by atoms with Gasteiger partial charge >= 0.3 is 0 Å². The van der Waals surface area contributed by atoms with Gasteiger partial charge < -0.3 is 15.8 Å². The summed E-state index contributed by atoms with van der Waals surface area (Å²) in [5.41, 5.74) is 7.53. The fraction of sp³-hybridized carbons (Fsp3) is 0.533. The number of aliphatic imine (C=N–C) groups is 1. The van der Waals surface area contributed by atoms with E-state index < -0.39 is 9.84 Å². The van der Waals surface area contributed by atoms with Gasteiger partial charge in [-0.05, 0) is 18.9 Å². The molecule has 1 aromatic rings. The van der Waals surface area contributed by atoms with E-state index in [-0.39, 0.29) is 11.2 Å². The van der Waals surface area contributed by atoms with Crippen LogP contribution in [-0.2, 0) is 21.2 Å². The van der Waals surface area contributed by atoms with E-state index in [1.807, 2.05) is 24.3 Å². The van der Waals surface area contributed by atoms with Gasteiger partial charge in [0.25, 0.3) is 0 Å². The molecule has 0 amide bonds. The average molecular weight is 325 g/mol. The van der Waals surface area contributed by atoms with Crippen molar-refractivity contribution in [1.82, 2.24) is 0 Å². The van der Waals surface area contributed by atoms with Crippen LogP contribution < -0.4 is 11.1 Å². The molecule has 1 fully saturated rings. The molecule has 0 aliphatic heterocycles. The van der Waals surface area contributed by atoms with E-state index in [2.05, 4.69) is 10.3 Å². The van der Waals surface area contributed by atoms with Crippen LogP contribution in [0.15, 0.2) is 29.3 Å². The fourth-order valence-electron chi connectivity index (χ4n) is 2.44. The molecule has 0 bridgehead atoms. The molecule has 1 aromatic carbocycles. The van der Waals surface area contributed by atoms with Crippen LogP contribution in [0.3, 0.4) is 0 Å². The predicted molar refractivity (Wildman–Crippen MR) is 88.6 cm³/mol. The minimum atomic E-state index is -2.99. The zero-order chi connectivity index (χ0) is 16.2. The monoisotopic (exact) mass is 325 g/mol. The molecule has 0 radical (unpaired) electrons. The Balaban J connectivity index is 1.99. The Labute approximate surface area is 131 Å². The molecular weight excluding hydrogens is 302 g/mol. The minimum Gasteiger partial charge on any atom is -0.380 e. The van der Waals surface area contributed by atoms with E-state index in [0.29, 0.717) is 19.1 Å². The first-order valence-corrected chi connectivity index (χ1v) is 9.21. The maximum Gasteiger partial charge on any atom is 0.193 e.